The van der Waals surface area contributed by atoms with Crippen molar-refractivity contribution >= 4 is 51.5 Å². The normalized spacial score (nSPS) is 11.8. The Balaban J connectivity index is 0.00000280. The number of nitrogens with zero attached hydrogens (tertiary/aromatic N) is 6. The predicted molar refractivity (Wildman–Crippen MR) is 127 cm³/mol. The SMILES string of the molecule is CN=C(NCc1cn2cc(Br)ccc2n1)N(C)Cc1cn(C)nc1C(C)C.I. The zero-order valence-corrected chi connectivity index (χ0v) is 20.8. The number of fused-ring (bicyclic) bond motifs is 1. The standard InChI is InChI=1S/C19H26BrN7.HI/c1-13(2)18-14(10-26(5)24-18)9-25(4)19(21-3)22-8-16-12-27-11-15(20)6-7-17(27)23-16;/h6-7,10-13H,8-9H2,1-5H3,(H,21,22);1H. The summed E-state index contributed by atoms with van der Waals surface area (Å²) < 4.78 is 4.92. The monoisotopic (exact) mass is 559 g/mol. The second kappa shape index (κ2) is 9.73. The average molecular weight is 560 g/mol. The molecule has 7 nitrogen and oxygen atoms in total. The van der Waals surface area contributed by atoms with Crippen molar-refractivity contribution in [2.24, 2.45) is 12.0 Å². The second-order valence-electron chi connectivity index (χ2n) is 6.97. The molecule has 152 valence electrons. The van der Waals surface area contributed by atoms with Gasteiger partial charge in [0.1, 0.15) is 5.65 Å². The summed E-state index contributed by atoms with van der Waals surface area (Å²) in [5.41, 5.74) is 4.24. The lowest BCUT2D eigenvalue weighted by Gasteiger charge is -2.22. The number of pyridine rings is 1. The first-order valence-corrected chi connectivity index (χ1v) is 9.74. The van der Waals surface area contributed by atoms with Crippen LogP contribution in [0.4, 0.5) is 0 Å². The van der Waals surface area contributed by atoms with Crippen molar-refractivity contribution < 1.29 is 0 Å². The number of hydrogen-bond donors (Lipinski definition) is 1. The number of guanidine groups is 1. The molecule has 0 spiro atoms. The Morgan fingerprint density at radius 3 is 2.71 bits per heavy atom. The molecule has 0 aliphatic carbocycles. The Morgan fingerprint density at radius 1 is 1.29 bits per heavy atom. The first-order chi connectivity index (χ1) is 12.9. The van der Waals surface area contributed by atoms with Crippen LogP contribution in [0.2, 0.25) is 0 Å². The number of aliphatic imine (C=N–C) groups is 1. The van der Waals surface area contributed by atoms with E-state index in [0.29, 0.717) is 12.5 Å². The topological polar surface area (TPSA) is 62.8 Å². The molecule has 0 bridgehead atoms. The van der Waals surface area contributed by atoms with E-state index in [-0.39, 0.29) is 24.0 Å². The van der Waals surface area contributed by atoms with Crippen molar-refractivity contribution in [1.82, 2.24) is 29.4 Å². The van der Waals surface area contributed by atoms with Gasteiger partial charge in [0.25, 0.3) is 0 Å². The van der Waals surface area contributed by atoms with E-state index in [1.165, 1.54) is 5.56 Å². The van der Waals surface area contributed by atoms with E-state index in [1.54, 1.807) is 7.05 Å². The molecule has 3 aromatic rings. The van der Waals surface area contributed by atoms with Gasteiger partial charge in [0.05, 0.1) is 17.9 Å². The molecule has 0 saturated heterocycles. The molecule has 0 aliphatic rings. The van der Waals surface area contributed by atoms with Crippen LogP contribution < -0.4 is 5.32 Å². The summed E-state index contributed by atoms with van der Waals surface area (Å²) in [4.78, 5) is 11.2. The lowest BCUT2D eigenvalue weighted by atomic mass is 10.1. The third-order valence-electron chi connectivity index (χ3n) is 4.36. The fraction of sp³-hybridized carbons (Fsp3) is 0.421. The molecule has 0 saturated carbocycles. The second-order valence-corrected chi connectivity index (χ2v) is 7.89. The van der Waals surface area contributed by atoms with Crippen molar-refractivity contribution in [3.63, 3.8) is 0 Å². The highest BCUT2D eigenvalue weighted by Crippen LogP contribution is 2.18. The first kappa shape index (κ1) is 22.7. The zero-order valence-electron chi connectivity index (χ0n) is 16.8. The van der Waals surface area contributed by atoms with E-state index >= 15 is 0 Å². The van der Waals surface area contributed by atoms with Crippen LogP contribution in [0.15, 0.2) is 40.2 Å². The minimum absolute atomic E-state index is 0. The Bertz CT molecular complexity index is 961. The molecule has 3 aromatic heterocycles. The van der Waals surface area contributed by atoms with Gasteiger partial charge in [-0.15, -0.1) is 24.0 Å². The summed E-state index contributed by atoms with van der Waals surface area (Å²) in [6.45, 7) is 5.70. The Labute approximate surface area is 191 Å². The van der Waals surface area contributed by atoms with Gasteiger partial charge in [-0.05, 0) is 34.0 Å². The molecule has 0 aliphatic heterocycles. The minimum atomic E-state index is 0. The number of nitrogens with one attached hydrogen (secondary N) is 1. The summed E-state index contributed by atoms with van der Waals surface area (Å²) in [5.74, 6) is 1.22. The highest BCUT2D eigenvalue weighted by molar-refractivity contribution is 14.0. The average Bonchev–Trinajstić information content (AvgIpc) is 3.17. The summed E-state index contributed by atoms with van der Waals surface area (Å²) in [6.07, 6.45) is 6.11. The highest BCUT2D eigenvalue weighted by atomic mass is 127. The molecule has 3 rings (SSSR count). The maximum Gasteiger partial charge on any atom is 0.194 e. The van der Waals surface area contributed by atoms with E-state index in [1.807, 2.05) is 47.7 Å². The third-order valence-corrected chi connectivity index (χ3v) is 4.83. The molecule has 0 atom stereocenters. The van der Waals surface area contributed by atoms with Gasteiger partial charge in [-0.25, -0.2) is 4.98 Å². The van der Waals surface area contributed by atoms with Crippen LogP contribution in [0.3, 0.4) is 0 Å². The highest BCUT2D eigenvalue weighted by Gasteiger charge is 2.15. The molecule has 0 amide bonds. The maximum absolute atomic E-state index is 4.64. The van der Waals surface area contributed by atoms with Crippen LogP contribution in [0.1, 0.15) is 36.7 Å². The van der Waals surface area contributed by atoms with Gasteiger partial charge in [-0.2, -0.15) is 5.10 Å². The number of aromatic nitrogens is 4. The predicted octanol–water partition coefficient (Wildman–Crippen LogP) is 3.78. The minimum Gasteiger partial charge on any atom is -0.351 e. The van der Waals surface area contributed by atoms with Crippen molar-refractivity contribution in [2.75, 3.05) is 14.1 Å². The van der Waals surface area contributed by atoms with Crippen molar-refractivity contribution in [3.8, 4) is 0 Å². The number of hydrogen-bond acceptors (Lipinski definition) is 3. The molecule has 28 heavy (non-hydrogen) atoms. The molecule has 0 radical (unpaired) electrons. The fourth-order valence-corrected chi connectivity index (χ4v) is 3.50. The number of halogens is 2. The molecule has 0 aromatic carbocycles. The van der Waals surface area contributed by atoms with E-state index in [4.69, 9.17) is 0 Å². The molecular weight excluding hydrogens is 533 g/mol. The number of rotatable bonds is 5. The smallest absolute Gasteiger partial charge is 0.194 e. The lowest BCUT2D eigenvalue weighted by Crippen LogP contribution is -2.38. The van der Waals surface area contributed by atoms with E-state index < -0.39 is 0 Å². The molecule has 3 heterocycles. The van der Waals surface area contributed by atoms with E-state index in [9.17, 15) is 0 Å². The molecule has 9 heteroatoms. The molecule has 0 fully saturated rings. The quantitative estimate of drug-likeness (QED) is 0.293. The fourth-order valence-electron chi connectivity index (χ4n) is 3.15. The Kier molecular flexibility index (Phi) is 7.87. The van der Waals surface area contributed by atoms with Crippen molar-refractivity contribution in [2.45, 2.75) is 32.9 Å². The van der Waals surface area contributed by atoms with E-state index in [2.05, 4.69) is 61.3 Å². The van der Waals surface area contributed by atoms with Crippen LogP contribution in [0, 0.1) is 0 Å². The first-order valence-electron chi connectivity index (χ1n) is 8.94. The van der Waals surface area contributed by atoms with Gasteiger partial charge in [-0.1, -0.05) is 13.8 Å². The third kappa shape index (κ3) is 5.25. The van der Waals surface area contributed by atoms with Gasteiger partial charge in [0.15, 0.2) is 5.96 Å². The number of imidazole rings is 1. The number of aryl methyl sites for hydroxylation is 1. The van der Waals surface area contributed by atoms with E-state index in [0.717, 1.165) is 34.0 Å². The van der Waals surface area contributed by atoms with Crippen LogP contribution in [0.5, 0.6) is 0 Å². The largest absolute Gasteiger partial charge is 0.351 e. The van der Waals surface area contributed by atoms with Crippen molar-refractivity contribution in [1.29, 1.82) is 0 Å². The Hall–Kier alpha value is -1.62. The van der Waals surface area contributed by atoms with Gasteiger partial charge in [0.2, 0.25) is 0 Å². The maximum atomic E-state index is 4.64. The zero-order chi connectivity index (χ0) is 19.6. The van der Waals surface area contributed by atoms with Gasteiger partial charge in [-0.3, -0.25) is 9.67 Å². The van der Waals surface area contributed by atoms with Gasteiger partial charge in [0, 0.05) is 56.3 Å². The van der Waals surface area contributed by atoms with Crippen LogP contribution in [-0.2, 0) is 20.1 Å². The summed E-state index contributed by atoms with van der Waals surface area (Å²) in [6, 6.07) is 3.98. The summed E-state index contributed by atoms with van der Waals surface area (Å²) in [7, 11) is 5.80. The van der Waals surface area contributed by atoms with Gasteiger partial charge < -0.3 is 14.6 Å². The molecule has 0 unspecified atom stereocenters. The summed E-state index contributed by atoms with van der Waals surface area (Å²) >= 11 is 3.49. The Morgan fingerprint density at radius 2 is 2.04 bits per heavy atom. The molecule has 1 N–H and O–H groups in total. The van der Waals surface area contributed by atoms with Crippen LogP contribution >= 0.6 is 39.9 Å². The van der Waals surface area contributed by atoms with Crippen LogP contribution in [-0.4, -0.2) is 44.1 Å². The molecular formula is C19H27BrIN7. The van der Waals surface area contributed by atoms with Crippen molar-refractivity contribution in [3.05, 3.63) is 52.1 Å². The van der Waals surface area contributed by atoms with Crippen LogP contribution in [0.25, 0.3) is 5.65 Å². The van der Waals surface area contributed by atoms with Gasteiger partial charge >= 0.3 is 0 Å². The lowest BCUT2D eigenvalue weighted by molar-refractivity contribution is 0.473. The summed E-state index contributed by atoms with van der Waals surface area (Å²) in [5, 5.41) is 7.98.